The van der Waals surface area contributed by atoms with Gasteiger partial charge in [-0.2, -0.15) is 5.26 Å². The molecule has 0 aliphatic rings. The summed E-state index contributed by atoms with van der Waals surface area (Å²) in [6.07, 6.45) is 0.450. The zero-order chi connectivity index (χ0) is 14.6. The fourth-order valence-corrected chi connectivity index (χ4v) is 5.18. The highest BCUT2D eigenvalue weighted by molar-refractivity contribution is 8.01. The highest BCUT2D eigenvalue weighted by atomic mass is 32.2. The van der Waals surface area contributed by atoms with Gasteiger partial charge in [-0.3, -0.25) is 0 Å². The van der Waals surface area contributed by atoms with E-state index in [0.717, 1.165) is 15.6 Å². The Labute approximate surface area is 129 Å². The SMILES string of the molecule is C[Si](C)(C)O[C@@H](CC#N)CSc1nc2ccccc2s1. The minimum absolute atomic E-state index is 0.00341. The summed E-state index contributed by atoms with van der Waals surface area (Å²) in [5.74, 6) is 0.789. The van der Waals surface area contributed by atoms with E-state index in [2.05, 4.69) is 36.8 Å². The van der Waals surface area contributed by atoms with Crippen LogP contribution in [0.1, 0.15) is 6.42 Å². The highest BCUT2D eigenvalue weighted by Crippen LogP contribution is 2.30. The summed E-state index contributed by atoms with van der Waals surface area (Å²) in [5.41, 5.74) is 1.04. The Morgan fingerprint density at radius 1 is 1.40 bits per heavy atom. The molecule has 0 bridgehead atoms. The molecule has 1 aromatic heterocycles. The summed E-state index contributed by atoms with van der Waals surface area (Å²) in [7, 11) is -1.61. The molecule has 2 rings (SSSR count). The van der Waals surface area contributed by atoms with Crippen LogP contribution in [0.15, 0.2) is 28.6 Å². The van der Waals surface area contributed by atoms with E-state index in [4.69, 9.17) is 9.69 Å². The van der Waals surface area contributed by atoms with Crippen LogP contribution in [0.3, 0.4) is 0 Å². The van der Waals surface area contributed by atoms with Crippen LogP contribution in [0.5, 0.6) is 0 Å². The molecule has 0 unspecified atom stereocenters. The van der Waals surface area contributed by atoms with Crippen LogP contribution in [0.4, 0.5) is 0 Å². The Bertz CT molecular complexity index is 582. The second-order valence-electron chi connectivity index (χ2n) is 5.47. The monoisotopic (exact) mass is 322 g/mol. The summed E-state index contributed by atoms with van der Waals surface area (Å²) in [5, 5.41) is 8.91. The highest BCUT2D eigenvalue weighted by Gasteiger charge is 2.21. The van der Waals surface area contributed by atoms with E-state index in [9.17, 15) is 0 Å². The van der Waals surface area contributed by atoms with Crippen molar-refractivity contribution in [2.75, 3.05) is 5.75 Å². The smallest absolute Gasteiger partial charge is 0.184 e. The Kier molecular flexibility index (Phi) is 5.21. The minimum atomic E-state index is -1.61. The number of hydrogen-bond acceptors (Lipinski definition) is 5. The molecule has 106 valence electrons. The molecule has 2 aromatic rings. The molecule has 1 aromatic carbocycles. The molecule has 3 nitrogen and oxygen atoms in total. The molecule has 0 amide bonds. The fraction of sp³-hybridized carbons (Fsp3) is 0.429. The number of thiazole rings is 1. The zero-order valence-corrected chi connectivity index (χ0v) is 14.6. The van der Waals surface area contributed by atoms with E-state index in [1.165, 1.54) is 4.70 Å². The molecule has 0 fully saturated rings. The first kappa shape index (κ1) is 15.5. The first-order valence-corrected chi connectivity index (χ1v) is 11.7. The van der Waals surface area contributed by atoms with Gasteiger partial charge >= 0.3 is 0 Å². The van der Waals surface area contributed by atoms with Gasteiger partial charge in [-0.25, -0.2) is 4.98 Å². The van der Waals surface area contributed by atoms with E-state index >= 15 is 0 Å². The van der Waals surface area contributed by atoms with Crippen LogP contribution in [-0.4, -0.2) is 25.2 Å². The third-order valence-corrected chi connectivity index (χ3v) is 5.86. The lowest BCUT2D eigenvalue weighted by atomic mass is 10.3. The molecule has 6 heteroatoms. The number of aromatic nitrogens is 1. The molecular formula is C14H18N2OS2Si. The molecular weight excluding hydrogens is 304 g/mol. The number of fused-ring (bicyclic) bond motifs is 1. The van der Waals surface area contributed by atoms with E-state index in [1.807, 2.05) is 18.2 Å². The Hall–Kier alpha value is -0.873. The van der Waals surface area contributed by atoms with Gasteiger partial charge in [-0.15, -0.1) is 11.3 Å². The fourth-order valence-electron chi connectivity index (χ4n) is 1.81. The van der Waals surface area contributed by atoms with E-state index in [1.54, 1.807) is 23.1 Å². The van der Waals surface area contributed by atoms with Crippen LogP contribution < -0.4 is 0 Å². The maximum absolute atomic E-state index is 8.91. The summed E-state index contributed by atoms with van der Waals surface area (Å²) in [4.78, 5) is 4.60. The Morgan fingerprint density at radius 2 is 2.15 bits per heavy atom. The lowest BCUT2D eigenvalue weighted by molar-refractivity contribution is 0.224. The molecule has 0 aliphatic carbocycles. The van der Waals surface area contributed by atoms with Crippen LogP contribution in [0, 0.1) is 11.3 Å². The average Bonchev–Trinajstić information content (AvgIpc) is 2.77. The molecule has 1 heterocycles. The Morgan fingerprint density at radius 3 is 2.80 bits per heavy atom. The molecule has 0 aliphatic heterocycles. The lowest BCUT2D eigenvalue weighted by Gasteiger charge is -2.24. The van der Waals surface area contributed by atoms with Gasteiger partial charge in [0.25, 0.3) is 0 Å². The second-order valence-corrected chi connectivity index (χ2v) is 12.2. The molecule has 1 atom stereocenters. The predicted molar refractivity (Wildman–Crippen MR) is 88.8 cm³/mol. The van der Waals surface area contributed by atoms with E-state index in [-0.39, 0.29) is 6.10 Å². The standard InChI is InChI=1S/C14H18N2OS2Si/c1-20(2,3)17-11(8-9-15)10-18-14-16-12-6-4-5-7-13(12)19-14/h4-7,11H,8,10H2,1-3H3/t11-/m0/s1. The first-order valence-electron chi connectivity index (χ1n) is 6.51. The first-order chi connectivity index (χ1) is 9.48. The molecule has 0 saturated carbocycles. The van der Waals surface area contributed by atoms with Gasteiger partial charge in [0.1, 0.15) is 0 Å². The second kappa shape index (κ2) is 6.72. The minimum Gasteiger partial charge on any atom is -0.413 e. The molecule has 0 spiro atoms. The number of hydrogen-bond donors (Lipinski definition) is 0. The van der Waals surface area contributed by atoms with Crippen molar-refractivity contribution in [2.45, 2.75) is 36.5 Å². The van der Waals surface area contributed by atoms with Crippen molar-refractivity contribution in [1.82, 2.24) is 4.98 Å². The predicted octanol–water partition coefficient (Wildman–Crippen LogP) is 4.52. The number of nitrogens with zero attached hydrogens (tertiary/aromatic N) is 2. The normalized spacial score (nSPS) is 13.3. The number of rotatable bonds is 6. The van der Waals surface area contributed by atoms with Gasteiger partial charge in [-0.1, -0.05) is 23.9 Å². The third kappa shape index (κ3) is 4.60. The van der Waals surface area contributed by atoms with Crippen LogP contribution in [-0.2, 0) is 4.43 Å². The van der Waals surface area contributed by atoms with Gasteiger partial charge < -0.3 is 4.43 Å². The van der Waals surface area contributed by atoms with Crippen molar-refractivity contribution in [3.8, 4) is 6.07 Å². The quantitative estimate of drug-likeness (QED) is 0.579. The average molecular weight is 323 g/mol. The van der Waals surface area contributed by atoms with Crippen LogP contribution in [0.25, 0.3) is 10.2 Å². The van der Waals surface area contributed by atoms with Gasteiger partial charge in [0.2, 0.25) is 0 Å². The number of thioether (sulfide) groups is 1. The summed E-state index contributed by atoms with van der Waals surface area (Å²) < 4.78 is 8.30. The molecule has 0 saturated heterocycles. The molecule has 20 heavy (non-hydrogen) atoms. The summed E-state index contributed by atoms with van der Waals surface area (Å²) >= 11 is 3.39. The van der Waals surface area contributed by atoms with Gasteiger partial charge in [0, 0.05) is 5.75 Å². The van der Waals surface area contributed by atoms with Crippen molar-refractivity contribution in [2.24, 2.45) is 0 Å². The molecule has 0 radical (unpaired) electrons. The Balaban J connectivity index is 1.99. The van der Waals surface area contributed by atoms with Crippen LogP contribution in [0.2, 0.25) is 19.6 Å². The van der Waals surface area contributed by atoms with Crippen molar-refractivity contribution in [1.29, 1.82) is 5.26 Å². The van der Waals surface area contributed by atoms with Crippen LogP contribution >= 0.6 is 23.1 Å². The third-order valence-electron chi connectivity index (χ3n) is 2.51. The van der Waals surface area contributed by atoms with Crippen molar-refractivity contribution in [3.63, 3.8) is 0 Å². The van der Waals surface area contributed by atoms with Gasteiger partial charge in [0.15, 0.2) is 12.7 Å². The largest absolute Gasteiger partial charge is 0.413 e. The number of para-hydroxylation sites is 1. The maximum atomic E-state index is 8.91. The summed E-state index contributed by atoms with van der Waals surface area (Å²) in [6, 6.07) is 10.4. The van der Waals surface area contributed by atoms with Crippen molar-refractivity contribution >= 4 is 41.6 Å². The van der Waals surface area contributed by atoms with Gasteiger partial charge in [-0.05, 0) is 31.8 Å². The van der Waals surface area contributed by atoms with E-state index < -0.39 is 8.32 Å². The van der Waals surface area contributed by atoms with E-state index in [0.29, 0.717) is 6.42 Å². The maximum Gasteiger partial charge on any atom is 0.184 e. The van der Waals surface area contributed by atoms with Crippen molar-refractivity contribution in [3.05, 3.63) is 24.3 Å². The topological polar surface area (TPSA) is 45.9 Å². The molecule has 0 N–H and O–H groups in total. The number of benzene rings is 1. The number of nitriles is 1. The lowest BCUT2D eigenvalue weighted by Crippen LogP contribution is -2.33. The van der Waals surface area contributed by atoms with Gasteiger partial charge in [0.05, 0.1) is 28.8 Å². The zero-order valence-electron chi connectivity index (χ0n) is 11.9. The van der Waals surface area contributed by atoms with Crippen molar-refractivity contribution < 1.29 is 4.43 Å². The summed E-state index contributed by atoms with van der Waals surface area (Å²) in [6.45, 7) is 6.46.